The van der Waals surface area contributed by atoms with Crippen LogP contribution in [0.5, 0.6) is 5.75 Å². The fourth-order valence-corrected chi connectivity index (χ4v) is 2.88. The highest BCUT2D eigenvalue weighted by Gasteiger charge is 2.11. The lowest BCUT2D eigenvalue weighted by Crippen LogP contribution is -2.28. The van der Waals surface area contributed by atoms with E-state index in [9.17, 15) is 4.79 Å². The van der Waals surface area contributed by atoms with Crippen LogP contribution in [-0.2, 0) is 17.9 Å². The van der Waals surface area contributed by atoms with E-state index in [0.29, 0.717) is 12.3 Å². The molecule has 1 aliphatic heterocycles. The largest absolute Gasteiger partial charge is 0.484 e. The average molecular weight is 324 g/mol. The van der Waals surface area contributed by atoms with Crippen molar-refractivity contribution in [2.75, 3.05) is 19.7 Å². The zero-order chi connectivity index (χ0) is 16.6. The summed E-state index contributed by atoms with van der Waals surface area (Å²) in [5.74, 6) is 0.596. The number of nitrogens with zero attached hydrogens (tertiary/aromatic N) is 1. The molecule has 2 aromatic rings. The summed E-state index contributed by atoms with van der Waals surface area (Å²) >= 11 is 0. The fourth-order valence-electron chi connectivity index (χ4n) is 2.88. The highest BCUT2D eigenvalue weighted by Crippen LogP contribution is 2.13. The Bertz CT molecular complexity index is 634. The SMILES string of the molecule is O=C(COc1ccccc1)NCc1ccc(CN2CCCC2)cc1. The van der Waals surface area contributed by atoms with E-state index >= 15 is 0 Å². The Morgan fingerprint density at radius 1 is 0.958 bits per heavy atom. The molecule has 2 aromatic carbocycles. The van der Waals surface area contributed by atoms with Crippen molar-refractivity contribution in [2.45, 2.75) is 25.9 Å². The third-order valence-electron chi connectivity index (χ3n) is 4.23. The molecule has 0 aliphatic carbocycles. The van der Waals surface area contributed by atoms with Crippen LogP contribution in [0.1, 0.15) is 24.0 Å². The van der Waals surface area contributed by atoms with Crippen LogP contribution in [0.4, 0.5) is 0 Å². The van der Waals surface area contributed by atoms with Gasteiger partial charge in [0.05, 0.1) is 0 Å². The van der Waals surface area contributed by atoms with E-state index in [1.54, 1.807) is 0 Å². The monoisotopic (exact) mass is 324 g/mol. The van der Waals surface area contributed by atoms with E-state index in [1.165, 1.54) is 31.5 Å². The van der Waals surface area contributed by atoms with Gasteiger partial charge in [-0.25, -0.2) is 0 Å². The second kappa shape index (κ2) is 8.50. The highest BCUT2D eigenvalue weighted by molar-refractivity contribution is 5.77. The van der Waals surface area contributed by atoms with Gasteiger partial charge in [0.2, 0.25) is 0 Å². The second-order valence-electron chi connectivity index (χ2n) is 6.18. The van der Waals surface area contributed by atoms with Crippen molar-refractivity contribution >= 4 is 5.91 Å². The van der Waals surface area contributed by atoms with Crippen LogP contribution in [-0.4, -0.2) is 30.5 Å². The molecule has 3 rings (SSSR count). The number of carbonyl (C=O) groups excluding carboxylic acids is 1. The molecule has 1 fully saturated rings. The van der Waals surface area contributed by atoms with Crippen molar-refractivity contribution in [1.82, 2.24) is 10.2 Å². The molecule has 0 aromatic heterocycles. The van der Waals surface area contributed by atoms with Gasteiger partial charge in [0.15, 0.2) is 6.61 Å². The number of carbonyl (C=O) groups is 1. The minimum Gasteiger partial charge on any atom is -0.484 e. The zero-order valence-electron chi connectivity index (χ0n) is 13.9. The van der Waals surface area contributed by atoms with Gasteiger partial charge in [0.1, 0.15) is 5.75 Å². The van der Waals surface area contributed by atoms with Gasteiger partial charge in [-0.05, 0) is 49.2 Å². The maximum absolute atomic E-state index is 11.8. The van der Waals surface area contributed by atoms with Gasteiger partial charge in [0, 0.05) is 13.1 Å². The first-order valence-corrected chi connectivity index (χ1v) is 8.54. The lowest BCUT2D eigenvalue weighted by molar-refractivity contribution is -0.123. The fraction of sp³-hybridized carbons (Fsp3) is 0.350. The van der Waals surface area contributed by atoms with Crippen molar-refractivity contribution in [3.63, 3.8) is 0 Å². The molecule has 0 spiro atoms. The van der Waals surface area contributed by atoms with Gasteiger partial charge in [-0.3, -0.25) is 9.69 Å². The third kappa shape index (κ3) is 5.10. The first-order valence-electron chi connectivity index (χ1n) is 8.54. The van der Waals surface area contributed by atoms with Gasteiger partial charge in [0.25, 0.3) is 5.91 Å². The number of amides is 1. The van der Waals surface area contributed by atoms with Crippen LogP contribution < -0.4 is 10.1 Å². The number of benzene rings is 2. The second-order valence-corrected chi connectivity index (χ2v) is 6.18. The maximum atomic E-state index is 11.8. The molecule has 1 aliphatic rings. The molecule has 1 N–H and O–H groups in total. The van der Waals surface area contributed by atoms with Gasteiger partial charge in [-0.15, -0.1) is 0 Å². The maximum Gasteiger partial charge on any atom is 0.258 e. The number of nitrogens with one attached hydrogen (secondary N) is 1. The predicted molar refractivity (Wildman–Crippen MR) is 94.7 cm³/mol. The Kier molecular flexibility index (Phi) is 5.85. The average Bonchev–Trinajstić information content (AvgIpc) is 3.13. The Morgan fingerprint density at radius 3 is 2.33 bits per heavy atom. The Hall–Kier alpha value is -2.33. The summed E-state index contributed by atoms with van der Waals surface area (Å²) in [6, 6.07) is 17.8. The smallest absolute Gasteiger partial charge is 0.258 e. The van der Waals surface area contributed by atoms with Crippen molar-refractivity contribution in [3.8, 4) is 5.75 Å². The molecule has 1 amide bonds. The van der Waals surface area contributed by atoms with E-state index in [-0.39, 0.29) is 12.5 Å². The van der Waals surface area contributed by atoms with Crippen molar-refractivity contribution < 1.29 is 9.53 Å². The third-order valence-corrected chi connectivity index (χ3v) is 4.23. The topological polar surface area (TPSA) is 41.6 Å². The van der Waals surface area contributed by atoms with Gasteiger partial charge in [-0.1, -0.05) is 42.5 Å². The van der Waals surface area contributed by atoms with E-state index in [1.807, 2.05) is 30.3 Å². The molecular formula is C20H24N2O2. The first kappa shape index (κ1) is 16.5. The summed E-state index contributed by atoms with van der Waals surface area (Å²) < 4.78 is 5.43. The molecule has 0 bridgehead atoms. The van der Waals surface area contributed by atoms with Crippen molar-refractivity contribution in [3.05, 3.63) is 65.7 Å². The van der Waals surface area contributed by atoms with Crippen LogP contribution in [0.2, 0.25) is 0 Å². The minimum absolute atomic E-state index is 0.0387. The molecule has 1 saturated heterocycles. The molecule has 126 valence electrons. The van der Waals surface area contributed by atoms with E-state index in [4.69, 9.17) is 4.74 Å². The number of likely N-dealkylation sites (tertiary alicyclic amines) is 1. The highest BCUT2D eigenvalue weighted by atomic mass is 16.5. The van der Waals surface area contributed by atoms with Crippen molar-refractivity contribution in [2.24, 2.45) is 0 Å². The molecular weight excluding hydrogens is 300 g/mol. The van der Waals surface area contributed by atoms with Crippen LogP contribution in [0, 0.1) is 0 Å². The van der Waals surface area contributed by atoms with E-state index in [2.05, 4.69) is 34.5 Å². The number of hydrogen-bond acceptors (Lipinski definition) is 3. The standard InChI is InChI=1S/C20H24N2O2/c23-20(16-24-19-6-2-1-3-7-19)21-14-17-8-10-18(11-9-17)15-22-12-4-5-13-22/h1-3,6-11H,4-5,12-16H2,(H,21,23). The predicted octanol–water partition coefficient (Wildman–Crippen LogP) is 2.98. The summed E-state index contributed by atoms with van der Waals surface area (Å²) in [6.07, 6.45) is 2.63. The quantitative estimate of drug-likeness (QED) is 0.851. The molecule has 0 unspecified atom stereocenters. The summed E-state index contributed by atoms with van der Waals surface area (Å²) in [5, 5.41) is 2.89. The molecule has 0 radical (unpaired) electrons. The summed E-state index contributed by atoms with van der Waals surface area (Å²) in [5.41, 5.74) is 2.44. The number of rotatable bonds is 7. The van der Waals surface area contributed by atoms with E-state index in [0.717, 1.165) is 12.1 Å². The molecule has 1 heterocycles. The molecule has 4 nitrogen and oxygen atoms in total. The van der Waals surface area contributed by atoms with Crippen LogP contribution >= 0.6 is 0 Å². The van der Waals surface area contributed by atoms with Gasteiger partial charge in [-0.2, -0.15) is 0 Å². The van der Waals surface area contributed by atoms with Crippen molar-refractivity contribution in [1.29, 1.82) is 0 Å². The zero-order valence-corrected chi connectivity index (χ0v) is 13.9. The normalized spacial score (nSPS) is 14.5. The number of para-hydroxylation sites is 1. The van der Waals surface area contributed by atoms with Crippen LogP contribution in [0.25, 0.3) is 0 Å². The Balaban J connectivity index is 1.40. The van der Waals surface area contributed by atoms with Gasteiger partial charge >= 0.3 is 0 Å². The number of hydrogen-bond donors (Lipinski definition) is 1. The van der Waals surface area contributed by atoms with Crippen LogP contribution in [0.15, 0.2) is 54.6 Å². The van der Waals surface area contributed by atoms with E-state index < -0.39 is 0 Å². The lowest BCUT2D eigenvalue weighted by Gasteiger charge is -2.14. The lowest BCUT2D eigenvalue weighted by atomic mass is 10.1. The Labute approximate surface area is 143 Å². The summed E-state index contributed by atoms with van der Waals surface area (Å²) in [4.78, 5) is 14.3. The summed E-state index contributed by atoms with van der Waals surface area (Å²) in [6.45, 7) is 4.01. The molecule has 4 heteroatoms. The first-order chi connectivity index (χ1) is 11.8. The van der Waals surface area contributed by atoms with Gasteiger partial charge < -0.3 is 10.1 Å². The molecule has 0 atom stereocenters. The number of ether oxygens (including phenoxy) is 1. The van der Waals surface area contributed by atoms with Crippen LogP contribution in [0.3, 0.4) is 0 Å². The molecule has 24 heavy (non-hydrogen) atoms. The Morgan fingerprint density at radius 2 is 1.62 bits per heavy atom. The summed E-state index contributed by atoms with van der Waals surface area (Å²) in [7, 11) is 0. The molecule has 0 saturated carbocycles. The minimum atomic E-state index is -0.111.